The molecule has 10 heteroatoms. The summed E-state index contributed by atoms with van der Waals surface area (Å²) in [6.45, 7) is 4.24. The van der Waals surface area contributed by atoms with Crippen LogP contribution in [0.3, 0.4) is 0 Å². The van der Waals surface area contributed by atoms with E-state index >= 15 is 0 Å². The Bertz CT molecular complexity index is 974. The van der Waals surface area contributed by atoms with Crippen molar-refractivity contribution in [2.24, 2.45) is 0 Å². The van der Waals surface area contributed by atoms with Crippen LogP contribution in [0.4, 0.5) is 5.69 Å². The number of aromatic nitrogens is 5. The van der Waals surface area contributed by atoms with Crippen LogP contribution >= 0.6 is 23.1 Å². The van der Waals surface area contributed by atoms with E-state index in [1.54, 1.807) is 4.68 Å². The molecule has 8 nitrogen and oxygen atoms in total. The Labute approximate surface area is 164 Å². The zero-order valence-corrected chi connectivity index (χ0v) is 16.8. The van der Waals surface area contributed by atoms with Gasteiger partial charge in [0.2, 0.25) is 0 Å². The molecular formula is C17H20N6O2S2. The number of fused-ring (bicyclic) bond motifs is 1. The van der Waals surface area contributed by atoms with Crippen molar-refractivity contribution < 1.29 is 4.92 Å². The zero-order chi connectivity index (χ0) is 19.0. The SMILES string of the molecule is CC(C)n1c(SCn2cc([N+](=O)[O-])cn2)nnc1-c1csc2c1CCCC2. The number of hydrogen-bond donors (Lipinski definition) is 0. The smallest absolute Gasteiger partial charge is 0.299 e. The molecule has 3 heterocycles. The molecular weight excluding hydrogens is 384 g/mol. The topological polar surface area (TPSA) is 91.7 Å². The quantitative estimate of drug-likeness (QED) is 0.345. The van der Waals surface area contributed by atoms with Gasteiger partial charge < -0.3 is 0 Å². The predicted molar refractivity (Wildman–Crippen MR) is 105 cm³/mol. The summed E-state index contributed by atoms with van der Waals surface area (Å²) in [6.07, 6.45) is 7.46. The second-order valence-electron chi connectivity index (χ2n) is 6.80. The monoisotopic (exact) mass is 404 g/mol. The fraction of sp³-hybridized carbons (Fsp3) is 0.471. The Balaban J connectivity index is 1.61. The van der Waals surface area contributed by atoms with Crippen molar-refractivity contribution in [2.75, 3.05) is 0 Å². The van der Waals surface area contributed by atoms with Crippen molar-refractivity contribution in [3.8, 4) is 11.4 Å². The van der Waals surface area contributed by atoms with Gasteiger partial charge in [-0.2, -0.15) is 5.10 Å². The van der Waals surface area contributed by atoms with Crippen LogP contribution in [-0.4, -0.2) is 29.5 Å². The average molecular weight is 405 g/mol. The van der Waals surface area contributed by atoms with E-state index in [4.69, 9.17) is 0 Å². The van der Waals surface area contributed by atoms with Gasteiger partial charge in [0.25, 0.3) is 0 Å². The normalized spacial score (nSPS) is 13.9. The van der Waals surface area contributed by atoms with Gasteiger partial charge in [0.05, 0.1) is 10.8 Å². The molecule has 0 fully saturated rings. The second-order valence-corrected chi connectivity index (χ2v) is 8.67. The van der Waals surface area contributed by atoms with Crippen molar-refractivity contribution in [3.63, 3.8) is 0 Å². The van der Waals surface area contributed by atoms with Gasteiger partial charge in [0.1, 0.15) is 12.4 Å². The molecule has 0 saturated carbocycles. The van der Waals surface area contributed by atoms with E-state index in [0.29, 0.717) is 5.88 Å². The maximum atomic E-state index is 10.8. The molecule has 3 aromatic rings. The number of nitrogens with zero attached hydrogens (tertiary/aromatic N) is 6. The number of thiophene rings is 1. The minimum atomic E-state index is -0.442. The first-order chi connectivity index (χ1) is 13.0. The van der Waals surface area contributed by atoms with Gasteiger partial charge in [-0.05, 0) is 45.1 Å². The largest absolute Gasteiger partial charge is 0.307 e. The van der Waals surface area contributed by atoms with Crippen LogP contribution in [0.5, 0.6) is 0 Å². The molecule has 27 heavy (non-hydrogen) atoms. The van der Waals surface area contributed by atoms with Crippen molar-refractivity contribution in [1.82, 2.24) is 24.5 Å². The average Bonchev–Trinajstić information content (AvgIpc) is 3.36. The Hall–Kier alpha value is -2.20. The maximum Gasteiger partial charge on any atom is 0.307 e. The minimum Gasteiger partial charge on any atom is -0.299 e. The molecule has 0 saturated heterocycles. The van der Waals surface area contributed by atoms with E-state index in [0.717, 1.165) is 23.8 Å². The molecule has 1 aliphatic rings. The van der Waals surface area contributed by atoms with Gasteiger partial charge in [0, 0.05) is 21.9 Å². The highest BCUT2D eigenvalue weighted by Crippen LogP contribution is 2.38. The van der Waals surface area contributed by atoms with Crippen LogP contribution in [0.1, 0.15) is 43.2 Å². The Morgan fingerprint density at radius 2 is 2.15 bits per heavy atom. The summed E-state index contributed by atoms with van der Waals surface area (Å²) >= 11 is 3.31. The highest BCUT2D eigenvalue weighted by atomic mass is 32.2. The van der Waals surface area contributed by atoms with Crippen LogP contribution in [0.15, 0.2) is 22.9 Å². The summed E-state index contributed by atoms with van der Waals surface area (Å²) in [5.74, 6) is 1.36. The molecule has 0 N–H and O–H groups in total. The summed E-state index contributed by atoms with van der Waals surface area (Å²) in [4.78, 5) is 11.8. The van der Waals surface area contributed by atoms with Crippen LogP contribution < -0.4 is 0 Å². The standard InChI is InChI=1S/C17H20N6O2S2/c1-11(2)22-16(14-9-26-15-6-4-3-5-13(14)15)19-20-17(22)27-10-21-8-12(7-18-21)23(24)25/h7-9,11H,3-6,10H2,1-2H3. The van der Waals surface area contributed by atoms with Gasteiger partial charge in [-0.25, -0.2) is 0 Å². The maximum absolute atomic E-state index is 10.8. The van der Waals surface area contributed by atoms with E-state index in [-0.39, 0.29) is 11.7 Å². The first-order valence-electron chi connectivity index (χ1n) is 8.88. The highest BCUT2D eigenvalue weighted by Gasteiger charge is 2.23. The summed E-state index contributed by atoms with van der Waals surface area (Å²) in [7, 11) is 0. The number of nitro groups is 1. The van der Waals surface area contributed by atoms with Gasteiger partial charge in [0.15, 0.2) is 11.0 Å². The van der Waals surface area contributed by atoms with Crippen molar-refractivity contribution in [1.29, 1.82) is 0 Å². The third kappa shape index (κ3) is 3.51. The fourth-order valence-corrected chi connectivity index (χ4v) is 5.40. The lowest BCUT2D eigenvalue weighted by atomic mass is 9.95. The summed E-state index contributed by atoms with van der Waals surface area (Å²) in [6, 6.07) is 0.212. The third-order valence-electron chi connectivity index (χ3n) is 4.64. The van der Waals surface area contributed by atoms with Crippen LogP contribution in [-0.2, 0) is 18.7 Å². The van der Waals surface area contributed by atoms with E-state index in [2.05, 4.69) is 39.1 Å². The molecule has 3 aromatic heterocycles. The summed E-state index contributed by atoms with van der Waals surface area (Å²) in [5, 5.41) is 26.8. The molecule has 4 rings (SSSR count). The molecule has 0 atom stereocenters. The van der Waals surface area contributed by atoms with Gasteiger partial charge in [-0.3, -0.25) is 19.4 Å². The highest BCUT2D eigenvalue weighted by molar-refractivity contribution is 7.98. The van der Waals surface area contributed by atoms with Crippen molar-refractivity contribution >= 4 is 28.8 Å². The fourth-order valence-electron chi connectivity index (χ4n) is 3.35. The first kappa shape index (κ1) is 18.2. The lowest BCUT2D eigenvalue weighted by Gasteiger charge is -2.16. The lowest BCUT2D eigenvalue weighted by molar-refractivity contribution is -0.385. The Morgan fingerprint density at radius 3 is 2.89 bits per heavy atom. The predicted octanol–water partition coefficient (Wildman–Crippen LogP) is 4.32. The lowest BCUT2D eigenvalue weighted by Crippen LogP contribution is -2.07. The molecule has 0 amide bonds. The Kier molecular flexibility index (Phi) is 5.00. The number of rotatable bonds is 6. The third-order valence-corrected chi connectivity index (χ3v) is 6.66. The van der Waals surface area contributed by atoms with E-state index in [9.17, 15) is 10.1 Å². The van der Waals surface area contributed by atoms with Crippen molar-refractivity contribution in [2.45, 2.75) is 56.6 Å². The molecule has 0 spiro atoms. The van der Waals surface area contributed by atoms with Crippen LogP contribution in [0.25, 0.3) is 11.4 Å². The summed E-state index contributed by atoms with van der Waals surface area (Å²) in [5.41, 5.74) is 2.63. The molecule has 0 unspecified atom stereocenters. The number of thioether (sulfide) groups is 1. The van der Waals surface area contributed by atoms with E-state index in [1.165, 1.54) is 53.0 Å². The molecule has 1 aliphatic carbocycles. The molecule has 0 aromatic carbocycles. The molecule has 0 bridgehead atoms. The molecule has 142 valence electrons. The summed E-state index contributed by atoms with van der Waals surface area (Å²) < 4.78 is 3.70. The second kappa shape index (κ2) is 7.43. The van der Waals surface area contributed by atoms with E-state index in [1.807, 2.05) is 11.3 Å². The van der Waals surface area contributed by atoms with Crippen LogP contribution in [0, 0.1) is 10.1 Å². The van der Waals surface area contributed by atoms with Crippen molar-refractivity contribution in [3.05, 3.63) is 38.3 Å². The molecule has 0 aliphatic heterocycles. The first-order valence-corrected chi connectivity index (χ1v) is 10.7. The van der Waals surface area contributed by atoms with Gasteiger partial charge >= 0.3 is 5.69 Å². The number of hydrogen-bond acceptors (Lipinski definition) is 7. The van der Waals surface area contributed by atoms with Gasteiger partial charge in [-0.15, -0.1) is 21.5 Å². The number of aryl methyl sites for hydroxylation is 1. The Morgan fingerprint density at radius 1 is 1.33 bits per heavy atom. The minimum absolute atomic E-state index is 0.00786. The molecule has 0 radical (unpaired) electrons. The van der Waals surface area contributed by atoms with E-state index < -0.39 is 4.92 Å². The van der Waals surface area contributed by atoms with Crippen LogP contribution in [0.2, 0.25) is 0 Å². The zero-order valence-electron chi connectivity index (χ0n) is 15.2. The van der Waals surface area contributed by atoms with Gasteiger partial charge in [-0.1, -0.05) is 11.8 Å².